The van der Waals surface area contributed by atoms with Crippen LogP contribution in [0.1, 0.15) is 23.0 Å². The number of ether oxygens (including phenoxy) is 1. The number of amides is 1. The van der Waals surface area contributed by atoms with Crippen LogP contribution >= 0.6 is 22.7 Å². The Hall–Kier alpha value is -1.96. The van der Waals surface area contributed by atoms with E-state index in [-0.39, 0.29) is 5.91 Å². The third kappa shape index (κ3) is 4.23. The Labute approximate surface area is 161 Å². The van der Waals surface area contributed by atoms with Crippen molar-refractivity contribution < 1.29 is 9.53 Å². The van der Waals surface area contributed by atoms with E-state index in [0.717, 1.165) is 38.9 Å². The summed E-state index contributed by atoms with van der Waals surface area (Å²) in [5.74, 6) is 0.778. The molecule has 1 aromatic carbocycles. The zero-order chi connectivity index (χ0) is 18.5. The number of carbonyl (C=O) groups is 1. The van der Waals surface area contributed by atoms with Gasteiger partial charge in [0.1, 0.15) is 11.3 Å². The molecule has 0 atom stereocenters. The Kier molecular flexibility index (Phi) is 6.24. The van der Waals surface area contributed by atoms with Crippen LogP contribution in [0, 0.1) is 0 Å². The van der Waals surface area contributed by atoms with E-state index in [9.17, 15) is 4.79 Å². The van der Waals surface area contributed by atoms with Gasteiger partial charge in [-0.15, -0.1) is 11.3 Å². The van der Waals surface area contributed by atoms with Gasteiger partial charge in [-0.3, -0.25) is 9.69 Å². The molecule has 0 aliphatic rings. The molecule has 7 heteroatoms. The van der Waals surface area contributed by atoms with Gasteiger partial charge in [-0.25, -0.2) is 4.98 Å². The molecule has 0 bridgehead atoms. The molecule has 0 saturated heterocycles. The molecule has 0 unspecified atom stereocenters. The molecule has 0 fully saturated rings. The van der Waals surface area contributed by atoms with Crippen molar-refractivity contribution in [3.63, 3.8) is 0 Å². The highest BCUT2D eigenvalue weighted by atomic mass is 32.1. The van der Waals surface area contributed by atoms with Crippen LogP contribution in [0.5, 0.6) is 5.75 Å². The van der Waals surface area contributed by atoms with Gasteiger partial charge in [0.25, 0.3) is 5.91 Å². The molecule has 0 N–H and O–H groups in total. The van der Waals surface area contributed by atoms with Crippen molar-refractivity contribution in [3.05, 3.63) is 40.6 Å². The van der Waals surface area contributed by atoms with E-state index < -0.39 is 0 Å². The van der Waals surface area contributed by atoms with Crippen LogP contribution in [-0.4, -0.2) is 49.6 Å². The topological polar surface area (TPSA) is 45.7 Å². The largest absolute Gasteiger partial charge is 0.492 e. The molecule has 2 aromatic heterocycles. The summed E-state index contributed by atoms with van der Waals surface area (Å²) >= 11 is 3.00. The fourth-order valence-electron chi connectivity index (χ4n) is 2.66. The molecule has 3 rings (SSSR count). The lowest BCUT2D eigenvalue weighted by Crippen LogP contribution is -2.32. The van der Waals surface area contributed by atoms with Crippen molar-refractivity contribution in [2.45, 2.75) is 13.3 Å². The van der Waals surface area contributed by atoms with Crippen LogP contribution < -0.4 is 9.64 Å². The summed E-state index contributed by atoms with van der Waals surface area (Å²) in [6, 6.07) is 9.68. The number of aromatic nitrogens is 1. The first-order chi connectivity index (χ1) is 12.6. The molecule has 0 aliphatic carbocycles. The average molecular weight is 390 g/mol. The van der Waals surface area contributed by atoms with E-state index in [1.165, 1.54) is 22.7 Å². The summed E-state index contributed by atoms with van der Waals surface area (Å²) < 4.78 is 6.72. The van der Waals surface area contributed by atoms with Crippen LogP contribution in [0.15, 0.2) is 35.7 Å². The Balaban J connectivity index is 1.93. The molecular formula is C19H23N3O2S2. The number of benzene rings is 1. The molecule has 0 spiro atoms. The number of anilines is 1. The van der Waals surface area contributed by atoms with E-state index in [2.05, 4.69) is 4.90 Å². The van der Waals surface area contributed by atoms with Crippen molar-refractivity contribution in [2.75, 3.05) is 38.7 Å². The van der Waals surface area contributed by atoms with Crippen molar-refractivity contribution in [2.24, 2.45) is 0 Å². The number of rotatable bonds is 8. The fourth-order valence-corrected chi connectivity index (χ4v) is 4.34. The number of para-hydroxylation sites is 1. The van der Waals surface area contributed by atoms with Gasteiger partial charge in [0, 0.05) is 6.54 Å². The Bertz CT molecular complexity index is 859. The second-order valence-corrected chi connectivity index (χ2v) is 8.08. The van der Waals surface area contributed by atoms with E-state index in [1.54, 1.807) is 4.90 Å². The lowest BCUT2D eigenvalue weighted by molar-refractivity contribution is 0.0990. The number of fused-ring (bicyclic) bond motifs is 1. The third-order valence-corrected chi connectivity index (χ3v) is 5.77. The maximum absolute atomic E-state index is 13.0. The second-order valence-electron chi connectivity index (χ2n) is 6.12. The summed E-state index contributed by atoms with van der Waals surface area (Å²) in [5, 5.41) is 2.65. The van der Waals surface area contributed by atoms with Crippen LogP contribution in [-0.2, 0) is 0 Å². The molecule has 0 saturated carbocycles. The molecule has 0 aliphatic heterocycles. The van der Waals surface area contributed by atoms with Gasteiger partial charge in [0.2, 0.25) is 0 Å². The van der Waals surface area contributed by atoms with Gasteiger partial charge < -0.3 is 9.64 Å². The fraction of sp³-hybridized carbons (Fsp3) is 0.368. The van der Waals surface area contributed by atoms with Gasteiger partial charge in [-0.05, 0) is 57.6 Å². The second kappa shape index (κ2) is 8.62. The maximum Gasteiger partial charge on any atom is 0.270 e. The minimum Gasteiger partial charge on any atom is -0.492 e. The normalized spacial score (nSPS) is 11.2. The van der Waals surface area contributed by atoms with Crippen molar-refractivity contribution in [1.29, 1.82) is 0 Å². The highest BCUT2D eigenvalue weighted by molar-refractivity contribution is 7.22. The Morgan fingerprint density at radius 2 is 2.04 bits per heavy atom. The SMILES string of the molecule is CCOc1cccc2sc(N(CCCN(C)C)C(=O)c3cccs3)nc12. The Morgan fingerprint density at radius 3 is 2.73 bits per heavy atom. The Morgan fingerprint density at radius 1 is 1.19 bits per heavy atom. The van der Waals surface area contributed by atoms with Crippen molar-refractivity contribution >= 4 is 43.9 Å². The summed E-state index contributed by atoms with van der Waals surface area (Å²) in [6.45, 7) is 4.11. The third-order valence-electron chi connectivity index (χ3n) is 3.87. The number of nitrogens with zero attached hydrogens (tertiary/aromatic N) is 3. The number of hydrogen-bond donors (Lipinski definition) is 0. The first-order valence-corrected chi connectivity index (χ1v) is 10.3. The van der Waals surface area contributed by atoms with Crippen LogP contribution in [0.25, 0.3) is 10.2 Å². The summed E-state index contributed by atoms with van der Waals surface area (Å²) in [7, 11) is 4.08. The van der Waals surface area contributed by atoms with Crippen molar-refractivity contribution in [1.82, 2.24) is 9.88 Å². The highest BCUT2D eigenvalue weighted by Gasteiger charge is 2.22. The minimum atomic E-state index is 0.00997. The quantitative estimate of drug-likeness (QED) is 0.574. The number of thiophene rings is 1. The first kappa shape index (κ1) is 18.8. The molecular weight excluding hydrogens is 366 g/mol. The zero-order valence-corrected chi connectivity index (χ0v) is 16.9. The predicted molar refractivity (Wildman–Crippen MR) is 110 cm³/mol. The van der Waals surface area contributed by atoms with E-state index in [0.29, 0.717) is 13.2 Å². The van der Waals surface area contributed by atoms with Crippen LogP contribution in [0.2, 0.25) is 0 Å². The van der Waals surface area contributed by atoms with Gasteiger partial charge >= 0.3 is 0 Å². The minimum absolute atomic E-state index is 0.00997. The number of thiazole rings is 1. The van der Waals surface area contributed by atoms with Gasteiger partial charge in [0.15, 0.2) is 5.13 Å². The van der Waals surface area contributed by atoms with Crippen molar-refractivity contribution in [3.8, 4) is 5.75 Å². The van der Waals surface area contributed by atoms with Gasteiger partial charge in [0.05, 0.1) is 16.2 Å². The number of carbonyl (C=O) groups excluding carboxylic acids is 1. The van der Waals surface area contributed by atoms with Crippen LogP contribution in [0.3, 0.4) is 0 Å². The zero-order valence-electron chi connectivity index (χ0n) is 15.3. The lowest BCUT2D eigenvalue weighted by Gasteiger charge is -2.20. The molecule has 2 heterocycles. The van der Waals surface area contributed by atoms with Gasteiger partial charge in [-0.2, -0.15) is 0 Å². The predicted octanol–water partition coefficient (Wildman–Crippen LogP) is 4.36. The summed E-state index contributed by atoms with van der Waals surface area (Å²) in [5.41, 5.74) is 0.825. The van der Waals surface area contributed by atoms with E-state index in [4.69, 9.17) is 9.72 Å². The monoisotopic (exact) mass is 389 g/mol. The summed E-state index contributed by atoms with van der Waals surface area (Å²) in [4.78, 5) is 22.4. The first-order valence-electron chi connectivity index (χ1n) is 8.62. The van der Waals surface area contributed by atoms with Gasteiger partial charge in [-0.1, -0.05) is 23.5 Å². The smallest absolute Gasteiger partial charge is 0.270 e. The maximum atomic E-state index is 13.0. The molecule has 0 radical (unpaired) electrons. The summed E-state index contributed by atoms with van der Waals surface area (Å²) in [6.07, 6.45) is 0.887. The molecule has 3 aromatic rings. The standard InChI is InChI=1S/C19H23N3O2S2/c1-4-24-14-8-5-9-15-17(14)20-19(26-15)22(12-7-11-21(2)3)18(23)16-10-6-13-25-16/h5-6,8-10,13H,4,7,11-12H2,1-3H3. The van der Waals surface area contributed by atoms with Crippen LogP contribution in [0.4, 0.5) is 5.13 Å². The van der Waals surface area contributed by atoms with E-state index in [1.807, 2.05) is 56.7 Å². The molecule has 138 valence electrons. The molecule has 5 nitrogen and oxygen atoms in total. The average Bonchev–Trinajstić information content (AvgIpc) is 3.28. The van der Waals surface area contributed by atoms with E-state index >= 15 is 0 Å². The molecule has 1 amide bonds. The lowest BCUT2D eigenvalue weighted by atomic mass is 10.3. The highest BCUT2D eigenvalue weighted by Crippen LogP contribution is 2.35. The number of hydrogen-bond acceptors (Lipinski definition) is 6. The molecule has 26 heavy (non-hydrogen) atoms.